The van der Waals surface area contributed by atoms with E-state index in [4.69, 9.17) is 22.1 Å². The van der Waals surface area contributed by atoms with E-state index in [1.165, 1.54) is 4.88 Å². The van der Waals surface area contributed by atoms with Crippen LogP contribution in [0.3, 0.4) is 0 Å². The molecule has 1 aliphatic carbocycles. The number of fused-ring (bicyclic) bond motifs is 3. The summed E-state index contributed by atoms with van der Waals surface area (Å²) in [5.74, 6) is -0.0859. The summed E-state index contributed by atoms with van der Waals surface area (Å²) in [5.41, 5.74) is 3.30. The van der Waals surface area contributed by atoms with E-state index >= 15 is 0 Å². The van der Waals surface area contributed by atoms with Gasteiger partial charge in [0.05, 0.1) is 18.7 Å². The van der Waals surface area contributed by atoms with Crippen molar-refractivity contribution in [2.24, 2.45) is 0 Å². The van der Waals surface area contributed by atoms with Gasteiger partial charge in [-0.05, 0) is 18.3 Å². The molecule has 1 aliphatic rings. The van der Waals surface area contributed by atoms with Gasteiger partial charge in [-0.2, -0.15) is 0 Å². The minimum Gasteiger partial charge on any atom is -0.493 e. The van der Waals surface area contributed by atoms with Crippen molar-refractivity contribution < 1.29 is 14.6 Å². The maximum atomic E-state index is 10.5. The monoisotopic (exact) mass is 293 g/mol. The van der Waals surface area contributed by atoms with Crippen molar-refractivity contribution in [3.05, 3.63) is 32.6 Å². The normalized spacial score (nSPS) is 12.0. The summed E-state index contributed by atoms with van der Waals surface area (Å²) in [6, 6.07) is 5.83. The van der Waals surface area contributed by atoms with Crippen LogP contribution in [0.5, 0.6) is 5.75 Å². The highest BCUT2D eigenvalue weighted by Gasteiger charge is 2.24. The first-order valence-electron chi connectivity index (χ1n) is 5.84. The van der Waals surface area contributed by atoms with Crippen molar-refractivity contribution in [2.75, 3.05) is 6.61 Å². The van der Waals surface area contributed by atoms with Crippen molar-refractivity contribution in [1.29, 1.82) is 0 Å². The molecule has 0 amide bonds. The number of hydrogen-bond donors (Lipinski definition) is 2. The topological polar surface area (TPSA) is 62.3 Å². The quantitative estimate of drug-likeness (QED) is 0.725. The number of nitrogens with one attached hydrogen (secondary N) is 1. The van der Waals surface area contributed by atoms with Crippen LogP contribution in [0.1, 0.15) is 16.9 Å². The first-order chi connectivity index (χ1) is 9.15. The molecule has 4 nitrogen and oxygen atoms in total. The number of thiazole rings is 1. The van der Waals surface area contributed by atoms with Crippen LogP contribution in [-0.2, 0) is 11.2 Å². The van der Waals surface area contributed by atoms with Gasteiger partial charge in [0.25, 0.3) is 0 Å². The molecule has 0 fully saturated rings. The van der Waals surface area contributed by atoms with Crippen molar-refractivity contribution in [1.82, 2.24) is 4.98 Å². The number of aromatic amines is 1. The first kappa shape index (κ1) is 12.4. The van der Waals surface area contributed by atoms with Gasteiger partial charge in [-0.3, -0.25) is 4.79 Å². The second-order valence-electron chi connectivity index (χ2n) is 4.26. The van der Waals surface area contributed by atoms with E-state index in [1.54, 1.807) is 11.3 Å². The second kappa shape index (κ2) is 4.79. The summed E-state index contributed by atoms with van der Waals surface area (Å²) >= 11 is 6.73. The first-order valence-corrected chi connectivity index (χ1v) is 7.06. The molecule has 0 unspecified atom stereocenters. The zero-order valence-electron chi connectivity index (χ0n) is 9.93. The molecule has 2 N–H and O–H groups in total. The van der Waals surface area contributed by atoms with Crippen LogP contribution in [0.25, 0.3) is 11.3 Å². The van der Waals surface area contributed by atoms with E-state index in [0.29, 0.717) is 0 Å². The predicted octanol–water partition coefficient (Wildman–Crippen LogP) is 3.23. The average molecular weight is 293 g/mol. The molecule has 0 bridgehead atoms. The van der Waals surface area contributed by atoms with Gasteiger partial charge in [-0.1, -0.05) is 12.1 Å². The second-order valence-corrected chi connectivity index (χ2v) is 6.04. The van der Waals surface area contributed by atoms with Crippen LogP contribution in [0.2, 0.25) is 0 Å². The minimum atomic E-state index is -0.851. The summed E-state index contributed by atoms with van der Waals surface area (Å²) in [7, 11) is 0. The van der Waals surface area contributed by atoms with Gasteiger partial charge in [-0.25, -0.2) is 0 Å². The Balaban J connectivity index is 1.89. The highest BCUT2D eigenvalue weighted by atomic mass is 32.1. The van der Waals surface area contributed by atoms with Gasteiger partial charge in [0.1, 0.15) is 5.75 Å². The molecule has 0 spiro atoms. The number of rotatable bonds is 4. The molecule has 0 saturated heterocycles. The van der Waals surface area contributed by atoms with E-state index in [1.807, 2.05) is 18.2 Å². The summed E-state index contributed by atoms with van der Waals surface area (Å²) in [6.45, 7) is 0.190. The van der Waals surface area contributed by atoms with Gasteiger partial charge in [0.15, 0.2) is 3.95 Å². The molecule has 1 aromatic heterocycles. The number of hydrogen-bond acceptors (Lipinski definition) is 4. The van der Waals surface area contributed by atoms with E-state index in [-0.39, 0.29) is 13.0 Å². The molecule has 2 aromatic rings. The number of H-pyrrole nitrogens is 1. The summed E-state index contributed by atoms with van der Waals surface area (Å²) in [6.07, 6.45) is 0.805. The van der Waals surface area contributed by atoms with Crippen LogP contribution in [0, 0.1) is 3.95 Å². The van der Waals surface area contributed by atoms with Crippen molar-refractivity contribution in [3.63, 3.8) is 0 Å². The lowest BCUT2D eigenvalue weighted by Gasteiger charge is -2.09. The van der Waals surface area contributed by atoms with Gasteiger partial charge < -0.3 is 14.8 Å². The largest absolute Gasteiger partial charge is 0.493 e. The average Bonchev–Trinajstić information content (AvgIpc) is 2.85. The van der Waals surface area contributed by atoms with E-state index in [2.05, 4.69) is 4.98 Å². The molecule has 1 heterocycles. The molecule has 0 atom stereocenters. The number of carboxylic acids is 1. The maximum absolute atomic E-state index is 10.5. The summed E-state index contributed by atoms with van der Waals surface area (Å²) < 4.78 is 6.36. The lowest BCUT2D eigenvalue weighted by Crippen LogP contribution is -2.06. The van der Waals surface area contributed by atoms with E-state index in [9.17, 15) is 4.79 Å². The summed E-state index contributed by atoms with van der Waals surface area (Å²) in [4.78, 5) is 14.9. The van der Waals surface area contributed by atoms with Crippen LogP contribution in [-0.4, -0.2) is 22.7 Å². The molecule has 0 aliphatic heterocycles. The smallest absolute Gasteiger partial charge is 0.306 e. The zero-order valence-corrected chi connectivity index (χ0v) is 11.6. The Morgan fingerprint density at radius 1 is 1.53 bits per heavy atom. The Morgan fingerprint density at radius 2 is 2.37 bits per heavy atom. The lowest BCUT2D eigenvalue weighted by molar-refractivity contribution is -0.137. The number of carbonyl (C=O) groups is 1. The van der Waals surface area contributed by atoms with E-state index in [0.717, 1.165) is 32.9 Å². The Bertz CT molecular complexity index is 702. The highest BCUT2D eigenvalue weighted by molar-refractivity contribution is 7.73. The van der Waals surface area contributed by atoms with Gasteiger partial charge in [0, 0.05) is 22.4 Å². The predicted molar refractivity (Wildman–Crippen MR) is 75.5 cm³/mol. The Morgan fingerprint density at radius 3 is 3.16 bits per heavy atom. The number of carboxylic acid groups (broad SMARTS) is 1. The van der Waals surface area contributed by atoms with Crippen molar-refractivity contribution in [3.8, 4) is 17.0 Å². The number of ether oxygens (including phenoxy) is 1. The SMILES string of the molecule is O=C(O)CCOc1cccc2c1Cc1sc(=S)[nH]c1-2. The zero-order chi connectivity index (χ0) is 13.4. The number of benzene rings is 1. The standard InChI is InChI=1S/C13H11NO3S2/c15-11(16)4-5-17-9-3-1-2-7-8(9)6-10-12(7)14-13(18)19-10/h1-3H,4-6H2,(H,14,18)(H,15,16). The molecule has 98 valence electrons. The molecule has 0 saturated carbocycles. The number of aliphatic carboxylic acids is 1. The fourth-order valence-corrected chi connectivity index (χ4v) is 3.49. The van der Waals surface area contributed by atoms with Crippen molar-refractivity contribution >= 4 is 29.5 Å². The third-order valence-corrected chi connectivity index (χ3v) is 4.27. The van der Waals surface area contributed by atoms with Crippen LogP contribution >= 0.6 is 23.6 Å². The fraction of sp³-hybridized carbons (Fsp3) is 0.231. The fourth-order valence-electron chi connectivity index (χ4n) is 2.23. The number of aromatic nitrogens is 1. The van der Waals surface area contributed by atoms with E-state index < -0.39 is 5.97 Å². The van der Waals surface area contributed by atoms with Crippen LogP contribution in [0.4, 0.5) is 0 Å². The Kier molecular flexibility index (Phi) is 3.12. The van der Waals surface area contributed by atoms with Crippen molar-refractivity contribution in [2.45, 2.75) is 12.8 Å². The molecular formula is C13H11NO3S2. The maximum Gasteiger partial charge on any atom is 0.306 e. The highest BCUT2D eigenvalue weighted by Crippen LogP contribution is 2.42. The third-order valence-electron chi connectivity index (χ3n) is 3.04. The minimum absolute atomic E-state index is 0.00783. The van der Waals surface area contributed by atoms with Gasteiger partial charge >= 0.3 is 5.97 Å². The van der Waals surface area contributed by atoms with Gasteiger partial charge in [-0.15, -0.1) is 11.3 Å². The molecular weight excluding hydrogens is 282 g/mol. The lowest BCUT2D eigenvalue weighted by atomic mass is 10.1. The Hall–Kier alpha value is -1.66. The summed E-state index contributed by atoms with van der Waals surface area (Å²) in [5, 5.41) is 8.63. The molecule has 0 radical (unpaired) electrons. The molecule has 19 heavy (non-hydrogen) atoms. The van der Waals surface area contributed by atoms with Crippen LogP contribution < -0.4 is 4.74 Å². The molecule has 1 aromatic carbocycles. The van der Waals surface area contributed by atoms with Crippen LogP contribution in [0.15, 0.2) is 18.2 Å². The Labute approximate surface area is 118 Å². The third kappa shape index (κ3) is 2.29. The van der Waals surface area contributed by atoms with Gasteiger partial charge in [0.2, 0.25) is 0 Å². The molecule has 3 rings (SSSR count). The molecule has 6 heteroatoms.